The molecule has 0 bridgehead atoms. The van der Waals surface area contributed by atoms with E-state index in [0.717, 1.165) is 6.42 Å². The van der Waals surface area contributed by atoms with Gasteiger partial charge in [-0.05, 0) is 36.6 Å². The minimum atomic E-state index is -1.08. The first kappa shape index (κ1) is 14.5. The summed E-state index contributed by atoms with van der Waals surface area (Å²) >= 11 is 5.87. The van der Waals surface area contributed by atoms with Crippen LogP contribution in [0.1, 0.15) is 16.8 Å². The fourth-order valence-corrected chi connectivity index (χ4v) is 3.66. The van der Waals surface area contributed by atoms with Gasteiger partial charge in [-0.25, -0.2) is 4.79 Å². The van der Waals surface area contributed by atoms with Crippen LogP contribution in [0.25, 0.3) is 11.3 Å². The smallest absolute Gasteiger partial charge is 0.343 e. The second-order valence-electron chi connectivity index (χ2n) is 6.15. The molecule has 1 saturated heterocycles. The molecule has 3 atom stereocenters. The Morgan fingerprint density at radius 1 is 1.30 bits per heavy atom. The van der Waals surface area contributed by atoms with E-state index in [-0.39, 0.29) is 23.3 Å². The van der Waals surface area contributed by atoms with Crippen LogP contribution in [0.15, 0.2) is 28.8 Å². The van der Waals surface area contributed by atoms with Gasteiger partial charge in [-0.1, -0.05) is 16.8 Å². The summed E-state index contributed by atoms with van der Waals surface area (Å²) in [7, 11) is 0. The fourth-order valence-electron chi connectivity index (χ4n) is 3.53. The van der Waals surface area contributed by atoms with Gasteiger partial charge in [0, 0.05) is 29.6 Å². The number of aromatic nitrogens is 1. The summed E-state index contributed by atoms with van der Waals surface area (Å²) in [6, 6.07) is 6.77. The van der Waals surface area contributed by atoms with E-state index in [0.29, 0.717) is 35.4 Å². The molecule has 2 fully saturated rings. The molecule has 4 rings (SSSR count). The largest absolute Gasteiger partial charge is 0.477 e. The molecular weight excluding hydrogens is 320 g/mol. The topological polar surface area (TPSA) is 86.8 Å². The zero-order valence-electron chi connectivity index (χ0n) is 12.1. The van der Waals surface area contributed by atoms with Crippen LogP contribution in [0.3, 0.4) is 0 Å². The van der Waals surface area contributed by atoms with Gasteiger partial charge in [0.1, 0.15) is 0 Å². The summed E-state index contributed by atoms with van der Waals surface area (Å²) in [6.07, 6.45) is 0.478. The van der Waals surface area contributed by atoms with Crippen molar-refractivity contribution in [2.24, 2.45) is 11.8 Å². The highest BCUT2D eigenvalue weighted by molar-refractivity contribution is 6.30. The molecule has 0 spiro atoms. The fraction of sp³-hybridized carbons (Fsp3) is 0.375. The van der Waals surface area contributed by atoms with Gasteiger partial charge < -0.3 is 19.6 Å². The summed E-state index contributed by atoms with van der Waals surface area (Å²) in [5, 5.41) is 23.9. The summed E-state index contributed by atoms with van der Waals surface area (Å²) in [4.78, 5) is 13.6. The predicted octanol–water partition coefficient (Wildman–Crippen LogP) is 2.51. The van der Waals surface area contributed by atoms with E-state index in [1.54, 1.807) is 24.3 Å². The first-order chi connectivity index (χ1) is 11.0. The van der Waals surface area contributed by atoms with Crippen LogP contribution >= 0.6 is 11.6 Å². The van der Waals surface area contributed by atoms with Crippen molar-refractivity contribution in [2.75, 3.05) is 18.0 Å². The number of carboxylic acid groups (broad SMARTS) is 1. The van der Waals surface area contributed by atoms with Crippen molar-refractivity contribution in [3.05, 3.63) is 34.9 Å². The first-order valence-electron chi connectivity index (χ1n) is 7.46. The number of aliphatic hydroxyl groups excluding tert-OH is 1. The molecule has 2 aliphatic rings. The van der Waals surface area contributed by atoms with E-state index in [1.165, 1.54) is 0 Å². The normalized spacial score (nSPS) is 26.0. The molecule has 1 saturated carbocycles. The number of nitrogens with zero attached hydrogens (tertiary/aromatic N) is 2. The van der Waals surface area contributed by atoms with Crippen molar-refractivity contribution in [3.63, 3.8) is 0 Å². The van der Waals surface area contributed by atoms with Crippen molar-refractivity contribution in [1.82, 2.24) is 5.16 Å². The first-order valence-corrected chi connectivity index (χ1v) is 7.84. The number of benzene rings is 1. The van der Waals surface area contributed by atoms with Gasteiger partial charge in [0.15, 0.2) is 17.1 Å². The van der Waals surface area contributed by atoms with Gasteiger partial charge >= 0.3 is 5.97 Å². The summed E-state index contributed by atoms with van der Waals surface area (Å²) in [5.41, 5.74) is 0.677. The van der Waals surface area contributed by atoms with E-state index in [9.17, 15) is 15.0 Å². The lowest BCUT2D eigenvalue weighted by molar-refractivity contribution is -0.00399. The second-order valence-corrected chi connectivity index (χ2v) is 6.59. The maximum atomic E-state index is 11.7. The highest BCUT2D eigenvalue weighted by Crippen LogP contribution is 2.43. The Bertz CT molecular complexity index is 758. The van der Waals surface area contributed by atoms with E-state index >= 15 is 0 Å². The second kappa shape index (κ2) is 5.25. The van der Waals surface area contributed by atoms with Crippen molar-refractivity contribution >= 4 is 23.4 Å². The van der Waals surface area contributed by atoms with Crippen LogP contribution in [0.5, 0.6) is 0 Å². The number of hydrogen-bond donors (Lipinski definition) is 2. The van der Waals surface area contributed by atoms with Crippen molar-refractivity contribution in [2.45, 2.75) is 12.5 Å². The summed E-state index contributed by atoms with van der Waals surface area (Å²) < 4.78 is 5.34. The molecule has 0 unspecified atom stereocenters. The van der Waals surface area contributed by atoms with Gasteiger partial charge in [0.2, 0.25) is 0 Å². The molecule has 2 aromatic rings. The summed E-state index contributed by atoms with van der Waals surface area (Å²) in [6.45, 7) is 1.31. The number of halogens is 1. The molecule has 1 aromatic heterocycles. The monoisotopic (exact) mass is 334 g/mol. The molecule has 2 N–H and O–H groups in total. The standard InChI is InChI=1S/C16H15ClN2O4/c17-10-3-1-8(2-4-10)14-13(16(21)22)15(18-23-14)19-6-9-5-12(20)11(9)7-19/h1-4,9,11-12,20H,5-7H2,(H,21,22)/t9-,11+,12+/m0/s1. The Morgan fingerprint density at radius 3 is 2.65 bits per heavy atom. The number of anilines is 1. The number of fused-ring (bicyclic) bond motifs is 1. The lowest BCUT2D eigenvalue weighted by atomic mass is 9.74. The number of carbonyl (C=O) groups is 1. The van der Waals surface area contributed by atoms with Crippen LogP contribution in [-0.4, -0.2) is 40.5 Å². The van der Waals surface area contributed by atoms with E-state index in [2.05, 4.69) is 5.16 Å². The van der Waals surface area contributed by atoms with Gasteiger partial charge in [-0.2, -0.15) is 0 Å². The number of aromatic carboxylic acids is 1. The number of hydrogen-bond acceptors (Lipinski definition) is 5. The van der Waals surface area contributed by atoms with Crippen molar-refractivity contribution in [1.29, 1.82) is 0 Å². The van der Waals surface area contributed by atoms with Crippen LogP contribution in [-0.2, 0) is 0 Å². The summed E-state index contributed by atoms with van der Waals surface area (Å²) in [5.74, 6) is 0.0914. The van der Waals surface area contributed by atoms with E-state index in [4.69, 9.17) is 16.1 Å². The minimum Gasteiger partial charge on any atom is -0.477 e. The zero-order chi connectivity index (χ0) is 16.1. The molecular formula is C16H15ClN2O4. The van der Waals surface area contributed by atoms with Crippen LogP contribution < -0.4 is 4.90 Å². The number of carboxylic acids is 1. The van der Waals surface area contributed by atoms with E-state index < -0.39 is 5.97 Å². The third-order valence-electron chi connectivity index (χ3n) is 4.82. The maximum absolute atomic E-state index is 11.7. The Hall–Kier alpha value is -2.05. The molecule has 120 valence electrons. The minimum absolute atomic E-state index is 0.0584. The van der Waals surface area contributed by atoms with Crippen molar-refractivity contribution in [3.8, 4) is 11.3 Å². The molecule has 0 radical (unpaired) electrons. The number of rotatable bonds is 3. The molecule has 7 heteroatoms. The Morgan fingerprint density at radius 2 is 2.04 bits per heavy atom. The highest BCUT2D eigenvalue weighted by Gasteiger charge is 2.47. The molecule has 6 nitrogen and oxygen atoms in total. The zero-order valence-corrected chi connectivity index (χ0v) is 12.9. The third-order valence-corrected chi connectivity index (χ3v) is 5.08. The van der Waals surface area contributed by atoms with Gasteiger partial charge in [-0.3, -0.25) is 0 Å². The molecule has 2 heterocycles. The van der Waals surface area contributed by atoms with E-state index in [1.807, 2.05) is 4.90 Å². The van der Waals surface area contributed by atoms with Crippen molar-refractivity contribution < 1.29 is 19.5 Å². The van der Waals surface area contributed by atoms with Crippen LogP contribution in [0.4, 0.5) is 5.82 Å². The molecule has 23 heavy (non-hydrogen) atoms. The molecule has 1 aliphatic carbocycles. The Kier molecular flexibility index (Phi) is 3.32. The average molecular weight is 335 g/mol. The van der Waals surface area contributed by atoms with Gasteiger partial charge in [0.25, 0.3) is 0 Å². The van der Waals surface area contributed by atoms with Crippen LogP contribution in [0, 0.1) is 11.8 Å². The van der Waals surface area contributed by atoms with Crippen LogP contribution in [0.2, 0.25) is 5.02 Å². The van der Waals surface area contributed by atoms with Gasteiger partial charge in [0.05, 0.1) is 6.10 Å². The SMILES string of the molecule is O=C(O)c1c(N2C[C@@H]3C[C@@H](O)[C@@H]3C2)noc1-c1ccc(Cl)cc1. The quantitative estimate of drug-likeness (QED) is 0.897. The van der Waals surface area contributed by atoms with Gasteiger partial charge in [-0.15, -0.1) is 0 Å². The average Bonchev–Trinajstić information content (AvgIpc) is 3.09. The third kappa shape index (κ3) is 2.29. The lowest BCUT2D eigenvalue weighted by Gasteiger charge is -2.34. The molecule has 0 amide bonds. The Labute approximate surface area is 137 Å². The maximum Gasteiger partial charge on any atom is 0.343 e. The molecule has 1 aliphatic heterocycles. The lowest BCUT2D eigenvalue weighted by Crippen LogP contribution is -2.39. The number of aliphatic hydroxyl groups is 1. The predicted molar refractivity (Wildman–Crippen MR) is 83.7 cm³/mol. The Balaban J connectivity index is 1.71. The highest BCUT2D eigenvalue weighted by atomic mass is 35.5. The molecule has 1 aromatic carbocycles.